The fourth-order valence-electron chi connectivity index (χ4n) is 2.93. The number of aromatic amines is 1. The standard InChI is InChI=1S/C21H24N4O/c1-15-3-2-4-18(9-15)21-19(13-24-25-21)12-22-10-17-7-8-20(23-11-17)26-14-16-5-6-16/h2-4,7-9,11,13,16,22H,5-6,10,12,14H2,1H3,(H,24,25). The molecule has 1 aliphatic carbocycles. The number of pyridine rings is 1. The molecule has 2 heterocycles. The summed E-state index contributed by atoms with van der Waals surface area (Å²) >= 11 is 0. The van der Waals surface area contributed by atoms with Crippen molar-refractivity contribution in [3.05, 3.63) is 65.5 Å². The van der Waals surface area contributed by atoms with Crippen LogP contribution < -0.4 is 10.1 Å². The Labute approximate surface area is 153 Å². The minimum Gasteiger partial charge on any atom is -0.477 e. The van der Waals surface area contributed by atoms with Gasteiger partial charge in [0.15, 0.2) is 0 Å². The van der Waals surface area contributed by atoms with Crippen LogP contribution in [-0.2, 0) is 13.1 Å². The number of nitrogens with zero attached hydrogens (tertiary/aromatic N) is 2. The highest BCUT2D eigenvalue weighted by atomic mass is 16.5. The molecule has 4 rings (SSSR count). The van der Waals surface area contributed by atoms with Gasteiger partial charge in [-0.05, 0) is 37.3 Å². The van der Waals surface area contributed by atoms with Crippen molar-refractivity contribution in [3.63, 3.8) is 0 Å². The molecule has 134 valence electrons. The number of rotatable bonds is 8. The summed E-state index contributed by atoms with van der Waals surface area (Å²) in [7, 11) is 0. The normalized spacial score (nSPS) is 13.7. The van der Waals surface area contributed by atoms with Crippen LogP contribution in [-0.4, -0.2) is 21.8 Å². The van der Waals surface area contributed by atoms with Gasteiger partial charge in [0.25, 0.3) is 0 Å². The minimum absolute atomic E-state index is 0.720. The second-order valence-corrected chi connectivity index (χ2v) is 7.00. The predicted molar refractivity (Wildman–Crippen MR) is 102 cm³/mol. The van der Waals surface area contributed by atoms with Gasteiger partial charge in [-0.3, -0.25) is 5.10 Å². The molecule has 1 fully saturated rings. The molecule has 0 bridgehead atoms. The maximum absolute atomic E-state index is 5.68. The van der Waals surface area contributed by atoms with Crippen molar-refractivity contribution in [2.24, 2.45) is 5.92 Å². The van der Waals surface area contributed by atoms with Crippen LogP contribution in [0.15, 0.2) is 48.8 Å². The van der Waals surface area contributed by atoms with E-state index in [9.17, 15) is 0 Å². The largest absolute Gasteiger partial charge is 0.477 e. The average molecular weight is 348 g/mol. The van der Waals surface area contributed by atoms with Crippen molar-refractivity contribution in [1.82, 2.24) is 20.5 Å². The van der Waals surface area contributed by atoms with Crippen molar-refractivity contribution < 1.29 is 4.74 Å². The molecule has 5 heteroatoms. The smallest absolute Gasteiger partial charge is 0.213 e. The van der Waals surface area contributed by atoms with Crippen LogP contribution in [0.5, 0.6) is 5.88 Å². The first kappa shape index (κ1) is 16.8. The Hall–Kier alpha value is -2.66. The number of hydrogen-bond acceptors (Lipinski definition) is 4. The lowest BCUT2D eigenvalue weighted by Gasteiger charge is -2.08. The summed E-state index contributed by atoms with van der Waals surface area (Å²) in [5, 5.41) is 10.8. The third-order valence-electron chi connectivity index (χ3n) is 4.63. The van der Waals surface area contributed by atoms with Crippen LogP contribution in [0, 0.1) is 12.8 Å². The van der Waals surface area contributed by atoms with E-state index < -0.39 is 0 Å². The van der Waals surface area contributed by atoms with Gasteiger partial charge in [-0.1, -0.05) is 29.8 Å². The molecule has 2 N–H and O–H groups in total. The predicted octanol–water partition coefficient (Wildman–Crippen LogP) is 3.86. The lowest BCUT2D eigenvalue weighted by Crippen LogP contribution is -2.13. The van der Waals surface area contributed by atoms with Gasteiger partial charge in [0, 0.05) is 36.5 Å². The fraction of sp³-hybridized carbons (Fsp3) is 0.333. The minimum atomic E-state index is 0.720. The summed E-state index contributed by atoms with van der Waals surface area (Å²) in [6.07, 6.45) is 6.35. The lowest BCUT2D eigenvalue weighted by molar-refractivity contribution is 0.288. The van der Waals surface area contributed by atoms with Crippen LogP contribution in [0.3, 0.4) is 0 Å². The van der Waals surface area contributed by atoms with Crippen molar-refractivity contribution in [1.29, 1.82) is 0 Å². The van der Waals surface area contributed by atoms with Gasteiger partial charge in [-0.15, -0.1) is 0 Å². The average Bonchev–Trinajstić information content (AvgIpc) is 3.37. The van der Waals surface area contributed by atoms with Crippen LogP contribution in [0.4, 0.5) is 0 Å². The molecular formula is C21H24N4O. The lowest BCUT2D eigenvalue weighted by atomic mass is 10.1. The molecule has 26 heavy (non-hydrogen) atoms. The molecule has 2 aromatic heterocycles. The van der Waals surface area contributed by atoms with Crippen molar-refractivity contribution in [2.45, 2.75) is 32.9 Å². The van der Waals surface area contributed by atoms with E-state index >= 15 is 0 Å². The van der Waals surface area contributed by atoms with Crippen LogP contribution in [0.25, 0.3) is 11.3 Å². The van der Waals surface area contributed by atoms with Gasteiger partial charge in [0.05, 0.1) is 18.5 Å². The molecule has 0 aliphatic heterocycles. The summed E-state index contributed by atoms with van der Waals surface area (Å²) in [4.78, 5) is 4.39. The van der Waals surface area contributed by atoms with Crippen LogP contribution in [0.1, 0.15) is 29.5 Å². The summed E-state index contributed by atoms with van der Waals surface area (Å²) in [6.45, 7) is 4.41. The van der Waals surface area contributed by atoms with Crippen molar-refractivity contribution >= 4 is 0 Å². The Morgan fingerprint density at radius 1 is 1.15 bits per heavy atom. The molecule has 0 radical (unpaired) electrons. The molecule has 0 amide bonds. The van der Waals surface area contributed by atoms with Gasteiger partial charge >= 0.3 is 0 Å². The maximum Gasteiger partial charge on any atom is 0.213 e. The van der Waals surface area contributed by atoms with E-state index in [4.69, 9.17) is 4.74 Å². The first-order chi connectivity index (χ1) is 12.8. The molecule has 0 spiro atoms. The Balaban J connectivity index is 1.31. The van der Waals surface area contributed by atoms with E-state index in [0.717, 1.165) is 53.9 Å². The Morgan fingerprint density at radius 3 is 2.85 bits per heavy atom. The molecule has 1 aromatic carbocycles. The van der Waals surface area contributed by atoms with Gasteiger partial charge in [-0.2, -0.15) is 5.10 Å². The SMILES string of the molecule is Cc1cccc(-c2[nH]ncc2CNCc2ccc(OCC3CC3)nc2)c1. The fourth-order valence-corrected chi connectivity index (χ4v) is 2.93. The highest BCUT2D eigenvalue weighted by Crippen LogP contribution is 2.29. The van der Waals surface area contributed by atoms with Gasteiger partial charge in [0.1, 0.15) is 0 Å². The van der Waals surface area contributed by atoms with E-state index in [-0.39, 0.29) is 0 Å². The van der Waals surface area contributed by atoms with Gasteiger partial charge in [0.2, 0.25) is 5.88 Å². The Morgan fingerprint density at radius 2 is 2.08 bits per heavy atom. The summed E-state index contributed by atoms with van der Waals surface area (Å²) < 4.78 is 5.68. The number of benzene rings is 1. The summed E-state index contributed by atoms with van der Waals surface area (Å²) in [5.41, 5.74) is 5.78. The molecule has 0 saturated heterocycles. The summed E-state index contributed by atoms with van der Waals surface area (Å²) in [6, 6.07) is 12.5. The molecule has 0 atom stereocenters. The zero-order chi connectivity index (χ0) is 17.8. The molecule has 1 aliphatic rings. The third kappa shape index (κ3) is 4.29. The highest BCUT2D eigenvalue weighted by molar-refractivity contribution is 5.63. The number of aromatic nitrogens is 3. The Bertz CT molecular complexity index is 852. The molecule has 5 nitrogen and oxygen atoms in total. The second kappa shape index (κ2) is 7.70. The van der Waals surface area contributed by atoms with E-state index in [1.165, 1.54) is 18.4 Å². The number of aryl methyl sites for hydroxylation is 1. The van der Waals surface area contributed by atoms with E-state index in [0.29, 0.717) is 0 Å². The van der Waals surface area contributed by atoms with Gasteiger partial charge < -0.3 is 10.1 Å². The monoisotopic (exact) mass is 348 g/mol. The molecule has 0 unspecified atom stereocenters. The number of H-pyrrole nitrogens is 1. The van der Waals surface area contributed by atoms with Crippen LogP contribution >= 0.6 is 0 Å². The van der Waals surface area contributed by atoms with Crippen molar-refractivity contribution in [3.8, 4) is 17.1 Å². The summed E-state index contributed by atoms with van der Waals surface area (Å²) in [5.74, 6) is 1.47. The molecule has 3 aromatic rings. The van der Waals surface area contributed by atoms with E-state index in [2.05, 4.69) is 57.8 Å². The number of ether oxygens (including phenoxy) is 1. The zero-order valence-corrected chi connectivity index (χ0v) is 15.0. The number of nitrogens with one attached hydrogen (secondary N) is 2. The number of hydrogen-bond donors (Lipinski definition) is 2. The molecule has 1 saturated carbocycles. The first-order valence-corrected chi connectivity index (χ1v) is 9.15. The van der Waals surface area contributed by atoms with Crippen LogP contribution in [0.2, 0.25) is 0 Å². The quantitative estimate of drug-likeness (QED) is 0.649. The topological polar surface area (TPSA) is 62.8 Å². The van der Waals surface area contributed by atoms with E-state index in [1.54, 1.807) is 0 Å². The van der Waals surface area contributed by atoms with E-state index in [1.807, 2.05) is 18.5 Å². The Kier molecular flexibility index (Phi) is 4.97. The maximum atomic E-state index is 5.68. The van der Waals surface area contributed by atoms with Gasteiger partial charge in [-0.25, -0.2) is 4.98 Å². The highest BCUT2D eigenvalue weighted by Gasteiger charge is 2.22. The first-order valence-electron chi connectivity index (χ1n) is 9.15. The zero-order valence-electron chi connectivity index (χ0n) is 15.0. The third-order valence-corrected chi connectivity index (χ3v) is 4.63. The molecular weight excluding hydrogens is 324 g/mol. The van der Waals surface area contributed by atoms with Crippen molar-refractivity contribution in [2.75, 3.05) is 6.61 Å². The second-order valence-electron chi connectivity index (χ2n) is 7.00.